The maximum absolute atomic E-state index is 12.5. The van der Waals surface area contributed by atoms with Crippen molar-refractivity contribution in [1.29, 1.82) is 0 Å². The van der Waals surface area contributed by atoms with Gasteiger partial charge in [0, 0.05) is 13.1 Å². The highest BCUT2D eigenvalue weighted by atomic mass is 16.5. The van der Waals surface area contributed by atoms with Crippen LogP contribution in [0.25, 0.3) is 0 Å². The first-order chi connectivity index (χ1) is 12.0. The second kappa shape index (κ2) is 8.88. The fourth-order valence-corrected chi connectivity index (χ4v) is 2.40. The van der Waals surface area contributed by atoms with Gasteiger partial charge in [-0.1, -0.05) is 6.92 Å². The van der Waals surface area contributed by atoms with Crippen molar-refractivity contribution in [3.05, 3.63) is 23.8 Å². The number of benzene rings is 1. The van der Waals surface area contributed by atoms with Crippen LogP contribution in [0.4, 0.5) is 11.4 Å². The first-order valence-electron chi connectivity index (χ1n) is 8.09. The summed E-state index contributed by atoms with van der Waals surface area (Å²) in [5, 5.41) is 0. The van der Waals surface area contributed by atoms with Gasteiger partial charge in [0.1, 0.15) is 0 Å². The lowest BCUT2D eigenvalue weighted by molar-refractivity contribution is 0.0505. The minimum atomic E-state index is -0.402. The van der Waals surface area contributed by atoms with Crippen molar-refractivity contribution in [2.24, 2.45) is 27.2 Å². The van der Waals surface area contributed by atoms with Crippen molar-refractivity contribution in [3.63, 3.8) is 0 Å². The standard InChI is InChI=1S/C16H24N6O3/c1-2-7-25-14(23)12-10-11(20-16(19)21-15(17)18)3-4-13(12)22-5-8-24-9-6-22/h3-4,10H,2,5-9H2,1H3,(H6,17,18,19,20,21). The number of esters is 1. The lowest BCUT2D eigenvalue weighted by atomic mass is 10.1. The molecule has 0 atom stereocenters. The molecule has 1 aliphatic heterocycles. The van der Waals surface area contributed by atoms with E-state index in [4.69, 9.17) is 26.7 Å². The summed E-state index contributed by atoms with van der Waals surface area (Å²) in [6.07, 6.45) is 0.744. The van der Waals surface area contributed by atoms with Crippen molar-refractivity contribution in [2.75, 3.05) is 37.8 Å². The molecule has 9 nitrogen and oxygen atoms in total. The summed E-state index contributed by atoms with van der Waals surface area (Å²) in [7, 11) is 0. The number of morpholine rings is 1. The van der Waals surface area contributed by atoms with E-state index in [9.17, 15) is 4.79 Å². The number of anilines is 1. The van der Waals surface area contributed by atoms with E-state index >= 15 is 0 Å². The Hall–Kier alpha value is -2.81. The number of guanidine groups is 2. The fraction of sp³-hybridized carbons (Fsp3) is 0.438. The highest BCUT2D eigenvalue weighted by Crippen LogP contribution is 2.27. The molecule has 0 radical (unpaired) electrons. The van der Waals surface area contributed by atoms with Crippen molar-refractivity contribution >= 4 is 29.3 Å². The summed E-state index contributed by atoms with van der Waals surface area (Å²) in [6.45, 7) is 4.92. The van der Waals surface area contributed by atoms with E-state index in [1.165, 1.54) is 0 Å². The quantitative estimate of drug-likeness (QED) is 0.395. The molecule has 6 N–H and O–H groups in total. The van der Waals surface area contributed by atoms with Gasteiger partial charge in [-0.3, -0.25) is 0 Å². The molecule has 136 valence electrons. The third-order valence-electron chi connectivity index (χ3n) is 3.48. The molecule has 1 heterocycles. The molecule has 1 fully saturated rings. The lowest BCUT2D eigenvalue weighted by Crippen LogP contribution is -2.37. The predicted octanol–water partition coefficient (Wildman–Crippen LogP) is 0.310. The zero-order valence-electron chi connectivity index (χ0n) is 14.3. The van der Waals surface area contributed by atoms with Gasteiger partial charge in [0.15, 0.2) is 5.96 Å². The molecule has 0 amide bonds. The molecule has 1 aromatic carbocycles. The van der Waals surface area contributed by atoms with E-state index in [0.717, 1.165) is 12.1 Å². The maximum Gasteiger partial charge on any atom is 0.340 e. The molecule has 0 unspecified atom stereocenters. The smallest absolute Gasteiger partial charge is 0.340 e. The number of ether oxygens (including phenoxy) is 2. The van der Waals surface area contributed by atoms with Crippen LogP contribution in [0.3, 0.4) is 0 Å². The monoisotopic (exact) mass is 348 g/mol. The van der Waals surface area contributed by atoms with Crippen molar-refractivity contribution in [1.82, 2.24) is 0 Å². The second-order valence-corrected chi connectivity index (χ2v) is 5.44. The summed E-state index contributed by atoms with van der Waals surface area (Å²) >= 11 is 0. The Kier molecular flexibility index (Phi) is 6.58. The minimum absolute atomic E-state index is 0.0907. The molecule has 0 spiro atoms. The Morgan fingerprint density at radius 3 is 2.64 bits per heavy atom. The number of rotatable bonds is 5. The largest absolute Gasteiger partial charge is 0.462 e. The van der Waals surface area contributed by atoms with Gasteiger partial charge in [-0.05, 0) is 24.6 Å². The van der Waals surface area contributed by atoms with E-state index in [-0.39, 0.29) is 11.9 Å². The molecule has 0 aliphatic carbocycles. The molecule has 25 heavy (non-hydrogen) atoms. The van der Waals surface area contributed by atoms with Crippen molar-refractivity contribution < 1.29 is 14.3 Å². The Bertz CT molecular complexity index is 664. The summed E-state index contributed by atoms with van der Waals surface area (Å²) in [6, 6.07) is 5.18. The SMILES string of the molecule is CCCOC(=O)c1cc(N=C(N)N=C(N)N)ccc1N1CCOCC1. The van der Waals surface area contributed by atoms with Crippen LogP contribution in [-0.4, -0.2) is 50.8 Å². The van der Waals surface area contributed by atoms with Gasteiger partial charge in [0.2, 0.25) is 5.96 Å². The van der Waals surface area contributed by atoms with Crippen LogP contribution in [0.5, 0.6) is 0 Å². The zero-order chi connectivity index (χ0) is 18.2. The first-order valence-corrected chi connectivity index (χ1v) is 8.09. The molecular formula is C16H24N6O3. The highest BCUT2D eigenvalue weighted by Gasteiger charge is 2.20. The molecule has 1 aliphatic rings. The third-order valence-corrected chi connectivity index (χ3v) is 3.48. The Balaban J connectivity index is 2.36. The minimum Gasteiger partial charge on any atom is -0.462 e. The van der Waals surface area contributed by atoms with E-state index in [1.54, 1.807) is 12.1 Å². The van der Waals surface area contributed by atoms with Gasteiger partial charge in [-0.25, -0.2) is 9.79 Å². The molecule has 0 bridgehead atoms. The zero-order valence-corrected chi connectivity index (χ0v) is 14.3. The number of carbonyl (C=O) groups excluding carboxylic acids is 1. The Morgan fingerprint density at radius 1 is 1.28 bits per heavy atom. The van der Waals surface area contributed by atoms with E-state index in [1.807, 2.05) is 13.0 Å². The van der Waals surface area contributed by atoms with Crippen molar-refractivity contribution in [2.45, 2.75) is 13.3 Å². The number of nitrogens with two attached hydrogens (primary N) is 3. The van der Waals surface area contributed by atoms with E-state index < -0.39 is 5.97 Å². The van der Waals surface area contributed by atoms with Crippen LogP contribution in [0.1, 0.15) is 23.7 Å². The highest BCUT2D eigenvalue weighted by molar-refractivity contribution is 5.98. The average molecular weight is 348 g/mol. The third kappa shape index (κ3) is 5.35. The van der Waals surface area contributed by atoms with Gasteiger partial charge < -0.3 is 31.6 Å². The number of carbonyl (C=O) groups is 1. The number of hydrogen-bond donors (Lipinski definition) is 3. The summed E-state index contributed by atoms with van der Waals surface area (Å²) in [5.41, 5.74) is 17.9. The predicted molar refractivity (Wildman–Crippen MR) is 97.1 cm³/mol. The molecule has 1 aromatic rings. The van der Waals surface area contributed by atoms with Gasteiger partial charge in [0.25, 0.3) is 0 Å². The van der Waals surface area contributed by atoms with Crippen LogP contribution in [0.2, 0.25) is 0 Å². The molecule has 2 rings (SSSR count). The van der Waals surface area contributed by atoms with E-state index in [2.05, 4.69) is 14.9 Å². The van der Waals surface area contributed by atoms with Gasteiger partial charge >= 0.3 is 5.97 Å². The van der Waals surface area contributed by atoms with Crippen LogP contribution in [0, 0.1) is 0 Å². The maximum atomic E-state index is 12.5. The first kappa shape index (κ1) is 18.5. The van der Waals surface area contributed by atoms with Gasteiger partial charge in [-0.15, -0.1) is 0 Å². The summed E-state index contributed by atoms with van der Waals surface area (Å²) in [4.78, 5) is 22.3. The normalized spacial score (nSPS) is 14.9. The van der Waals surface area contributed by atoms with Gasteiger partial charge in [-0.2, -0.15) is 4.99 Å². The van der Waals surface area contributed by atoms with Crippen LogP contribution in [-0.2, 0) is 9.47 Å². The fourth-order valence-electron chi connectivity index (χ4n) is 2.40. The Morgan fingerprint density at radius 2 is 2.00 bits per heavy atom. The van der Waals surface area contributed by atoms with Crippen LogP contribution in [0.15, 0.2) is 28.2 Å². The van der Waals surface area contributed by atoms with Crippen LogP contribution >= 0.6 is 0 Å². The lowest BCUT2D eigenvalue weighted by Gasteiger charge is -2.30. The molecule has 0 saturated carbocycles. The van der Waals surface area contributed by atoms with Gasteiger partial charge in [0.05, 0.1) is 36.8 Å². The number of hydrogen-bond acceptors (Lipinski definition) is 5. The Labute approximate surface area is 146 Å². The topological polar surface area (TPSA) is 142 Å². The summed E-state index contributed by atoms with van der Waals surface area (Å²) < 4.78 is 10.7. The van der Waals surface area contributed by atoms with E-state index in [0.29, 0.717) is 44.2 Å². The average Bonchev–Trinajstić information content (AvgIpc) is 2.59. The molecule has 0 aromatic heterocycles. The van der Waals surface area contributed by atoms with Crippen LogP contribution < -0.4 is 22.1 Å². The summed E-state index contributed by atoms with van der Waals surface area (Å²) in [5.74, 6) is -0.679. The molecule has 1 saturated heterocycles. The second-order valence-electron chi connectivity index (χ2n) is 5.44. The molecular weight excluding hydrogens is 324 g/mol. The number of aliphatic imine (C=N–C) groups is 2. The number of nitrogens with zero attached hydrogens (tertiary/aromatic N) is 3. The van der Waals surface area contributed by atoms with Crippen molar-refractivity contribution in [3.8, 4) is 0 Å². The molecule has 9 heteroatoms.